The molecule has 2 atom stereocenters. The number of nitrogens with zero attached hydrogens (tertiary/aromatic N) is 1. The molecule has 1 aromatic rings. The monoisotopic (exact) mass is 339 g/mol. The van der Waals surface area contributed by atoms with Crippen LogP contribution in [0.3, 0.4) is 0 Å². The Morgan fingerprint density at radius 3 is 2.48 bits per heavy atom. The second-order valence-electron chi connectivity index (χ2n) is 6.17. The zero-order chi connectivity index (χ0) is 17.4. The van der Waals surface area contributed by atoms with Gasteiger partial charge in [0.15, 0.2) is 9.84 Å². The highest BCUT2D eigenvalue weighted by atomic mass is 32.2. The van der Waals surface area contributed by atoms with Gasteiger partial charge in [0.05, 0.1) is 10.8 Å². The summed E-state index contributed by atoms with van der Waals surface area (Å²) in [7, 11) is -3.41. The lowest BCUT2D eigenvalue weighted by atomic mass is 9.92. The normalized spacial score (nSPS) is 22.0. The first-order chi connectivity index (χ1) is 10.6. The summed E-state index contributed by atoms with van der Waals surface area (Å²) >= 11 is 0. The molecule has 1 aromatic carbocycles. The lowest BCUT2D eigenvalue weighted by Crippen LogP contribution is -2.47. The first kappa shape index (κ1) is 17.5. The zero-order valence-corrected chi connectivity index (χ0v) is 14.3. The summed E-state index contributed by atoms with van der Waals surface area (Å²) in [6.07, 6.45) is 2.26. The number of sulfone groups is 1. The quantitative estimate of drug-likeness (QED) is 0.905. The third kappa shape index (κ3) is 3.72. The maximum atomic E-state index is 12.8. The fourth-order valence-corrected chi connectivity index (χ4v) is 3.46. The number of hydrogen-bond acceptors (Lipinski definition) is 4. The summed E-state index contributed by atoms with van der Waals surface area (Å²) in [4.78, 5) is 25.6. The van der Waals surface area contributed by atoms with E-state index >= 15 is 0 Å². The maximum Gasteiger partial charge on any atom is 0.308 e. The molecule has 6 nitrogen and oxygen atoms in total. The Kier molecular flexibility index (Phi) is 4.79. The molecule has 0 spiro atoms. The Labute approximate surface area is 136 Å². The van der Waals surface area contributed by atoms with Crippen molar-refractivity contribution in [1.82, 2.24) is 4.90 Å². The molecule has 2 rings (SSSR count). The van der Waals surface area contributed by atoms with E-state index in [1.54, 1.807) is 13.0 Å². The Morgan fingerprint density at radius 2 is 1.91 bits per heavy atom. The molecular formula is C16H21NO5S. The molecule has 7 heteroatoms. The molecule has 2 unspecified atom stereocenters. The van der Waals surface area contributed by atoms with Gasteiger partial charge in [-0.2, -0.15) is 0 Å². The highest BCUT2D eigenvalue weighted by Crippen LogP contribution is 2.26. The summed E-state index contributed by atoms with van der Waals surface area (Å²) in [5.41, 5.74) is 0.984. The highest BCUT2D eigenvalue weighted by molar-refractivity contribution is 7.90. The van der Waals surface area contributed by atoms with Gasteiger partial charge < -0.3 is 10.0 Å². The molecule has 23 heavy (non-hydrogen) atoms. The van der Waals surface area contributed by atoms with Gasteiger partial charge in [-0.15, -0.1) is 0 Å². The number of carbonyl (C=O) groups excluding carboxylic acids is 1. The predicted molar refractivity (Wildman–Crippen MR) is 85.1 cm³/mol. The smallest absolute Gasteiger partial charge is 0.308 e. The van der Waals surface area contributed by atoms with Gasteiger partial charge in [0, 0.05) is 24.4 Å². The summed E-state index contributed by atoms with van der Waals surface area (Å²) < 4.78 is 23.4. The van der Waals surface area contributed by atoms with E-state index in [1.165, 1.54) is 17.0 Å². The molecule has 1 amide bonds. The van der Waals surface area contributed by atoms with Crippen LogP contribution in [0.25, 0.3) is 0 Å². The van der Waals surface area contributed by atoms with E-state index in [0.29, 0.717) is 24.0 Å². The van der Waals surface area contributed by atoms with Crippen LogP contribution in [0.1, 0.15) is 35.7 Å². The average Bonchev–Trinajstić information content (AvgIpc) is 2.46. The van der Waals surface area contributed by atoms with Gasteiger partial charge in [0.25, 0.3) is 5.91 Å². The summed E-state index contributed by atoms with van der Waals surface area (Å²) in [6, 6.07) is 4.39. The third-order valence-corrected chi connectivity index (χ3v) is 5.47. The van der Waals surface area contributed by atoms with Crippen molar-refractivity contribution in [3.05, 3.63) is 29.3 Å². The first-order valence-electron chi connectivity index (χ1n) is 7.45. The minimum absolute atomic E-state index is 0.0700. The van der Waals surface area contributed by atoms with Crippen LogP contribution in [0.15, 0.2) is 23.1 Å². The lowest BCUT2D eigenvalue weighted by Gasteiger charge is -2.36. The molecule has 126 valence electrons. The number of aliphatic carboxylic acids is 1. The molecule has 1 aliphatic rings. The second-order valence-corrected chi connectivity index (χ2v) is 8.18. The third-order valence-electron chi connectivity index (χ3n) is 4.36. The van der Waals surface area contributed by atoms with Crippen molar-refractivity contribution in [3.8, 4) is 0 Å². The molecule has 0 aliphatic carbocycles. The number of rotatable bonds is 3. The van der Waals surface area contributed by atoms with E-state index in [2.05, 4.69) is 0 Å². The first-order valence-corrected chi connectivity index (χ1v) is 9.35. The van der Waals surface area contributed by atoms with Crippen molar-refractivity contribution in [2.24, 2.45) is 5.92 Å². The minimum Gasteiger partial charge on any atom is -0.481 e. The summed E-state index contributed by atoms with van der Waals surface area (Å²) in [6.45, 7) is 3.77. The number of carboxylic acid groups (broad SMARTS) is 1. The zero-order valence-electron chi connectivity index (χ0n) is 13.4. The van der Waals surface area contributed by atoms with Gasteiger partial charge in [-0.3, -0.25) is 9.59 Å². The number of benzene rings is 1. The van der Waals surface area contributed by atoms with Crippen LogP contribution in [0.2, 0.25) is 0 Å². The SMILES string of the molecule is Cc1ccc(S(C)(=O)=O)cc1C(=O)N1CC(C(=O)O)CCC1C. The molecule has 1 heterocycles. The molecule has 0 saturated carbocycles. The fraction of sp³-hybridized carbons (Fsp3) is 0.500. The van der Waals surface area contributed by atoms with Crippen molar-refractivity contribution >= 4 is 21.7 Å². The van der Waals surface area contributed by atoms with Crippen molar-refractivity contribution in [3.63, 3.8) is 0 Å². The van der Waals surface area contributed by atoms with Gasteiger partial charge >= 0.3 is 5.97 Å². The Balaban J connectivity index is 2.37. The number of hydrogen-bond donors (Lipinski definition) is 1. The van der Waals surface area contributed by atoms with Crippen LogP contribution in [0, 0.1) is 12.8 Å². The van der Waals surface area contributed by atoms with Crippen molar-refractivity contribution in [2.45, 2.75) is 37.6 Å². The van der Waals surface area contributed by atoms with Crippen molar-refractivity contribution < 1.29 is 23.1 Å². The lowest BCUT2D eigenvalue weighted by molar-refractivity contribution is -0.143. The van der Waals surface area contributed by atoms with Crippen molar-refractivity contribution in [1.29, 1.82) is 0 Å². The summed E-state index contributed by atoms with van der Waals surface area (Å²) in [5.74, 6) is -1.80. The molecule has 0 aromatic heterocycles. The van der Waals surface area contributed by atoms with E-state index in [0.717, 1.165) is 6.26 Å². The van der Waals surface area contributed by atoms with Crippen LogP contribution >= 0.6 is 0 Å². The molecule has 1 aliphatic heterocycles. The largest absolute Gasteiger partial charge is 0.481 e. The molecule has 0 radical (unpaired) electrons. The van der Waals surface area contributed by atoms with E-state index in [1.807, 2.05) is 6.92 Å². The van der Waals surface area contributed by atoms with E-state index in [4.69, 9.17) is 0 Å². The number of aryl methyl sites for hydroxylation is 1. The highest BCUT2D eigenvalue weighted by Gasteiger charge is 2.33. The Bertz CT molecular complexity index is 741. The van der Waals surface area contributed by atoms with Gasteiger partial charge in [-0.1, -0.05) is 6.07 Å². The van der Waals surface area contributed by atoms with Gasteiger partial charge in [-0.05, 0) is 44.4 Å². The molecule has 1 fully saturated rings. The number of piperidine rings is 1. The predicted octanol–water partition coefficient (Wildman–Crippen LogP) is 1.72. The number of carboxylic acids is 1. The second kappa shape index (κ2) is 6.31. The summed E-state index contributed by atoms with van der Waals surface area (Å²) in [5, 5.41) is 9.18. The van der Waals surface area contributed by atoms with Gasteiger partial charge in [0.1, 0.15) is 0 Å². The average molecular weight is 339 g/mol. The maximum absolute atomic E-state index is 12.8. The van der Waals surface area contributed by atoms with E-state index in [9.17, 15) is 23.1 Å². The van der Waals surface area contributed by atoms with Crippen LogP contribution in [-0.2, 0) is 14.6 Å². The van der Waals surface area contributed by atoms with Crippen molar-refractivity contribution in [2.75, 3.05) is 12.8 Å². The fourth-order valence-electron chi connectivity index (χ4n) is 2.81. The van der Waals surface area contributed by atoms with E-state index < -0.39 is 21.7 Å². The number of amides is 1. The standard InChI is InChI=1S/C16H21NO5S/c1-10-4-7-13(23(3,21)22)8-14(10)15(18)17-9-12(16(19)20)6-5-11(17)2/h4,7-8,11-12H,5-6,9H2,1-3H3,(H,19,20). The van der Waals surface area contributed by atoms with Crippen LogP contribution in [-0.4, -0.2) is 49.1 Å². The van der Waals surface area contributed by atoms with Crippen LogP contribution in [0.4, 0.5) is 0 Å². The van der Waals surface area contributed by atoms with Crippen LogP contribution < -0.4 is 0 Å². The molecule has 1 N–H and O–H groups in total. The number of likely N-dealkylation sites (tertiary alicyclic amines) is 1. The van der Waals surface area contributed by atoms with Gasteiger partial charge in [-0.25, -0.2) is 8.42 Å². The Morgan fingerprint density at radius 1 is 1.26 bits per heavy atom. The topological polar surface area (TPSA) is 91.8 Å². The number of carbonyl (C=O) groups is 2. The minimum atomic E-state index is -3.41. The molecule has 0 bridgehead atoms. The molecule has 1 saturated heterocycles. The van der Waals surface area contributed by atoms with E-state index in [-0.39, 0.29) is 23.4 Å². The van der Waals surface area contributed by atoms with Crippen LogP contribution in [0.5, 0.6) is 0 Å². The van der Waals surface area contributed by atoms with Gasteiger partial charge in [0.2, 0.25) is 0 Å². The Hall–Kier alpha value is -1.89. The molecular weight excluding hydrogens is 318 g/mol.